The van der Waals surface area contributed by atoms with Crippen LogP contribution in [0.3, 0.4) is 0 Å². The molecule has 0 aliphatic carbocycles. The normalized spacial score (nSPS) is 14.9. The molecule has 0 atom stereocenters. The number of nitrogens with zero attached hydrogens (tertiary/aromatic N) is 2. The minimum Gasteiger partial charge on any atom is -0.322 e. The summed E-state index contributed by atoms with van der Waals surface area (Å²) in [6, 6.07) is 10.3. The maximum atomic E-state index is 13.6. The van der Waals surface area contributed by atoms with E-state index in [0.717, 1.165) is 12.1 Å². The van der Waals surface area contributed by atoms with Crippen LogP contribution in [0.2, 0.25) is 0 Å². The Kier molecular flexibility index (Phi) is 5.12. The number of hydrogen-bond acceptors (Lipinski definition) is 5. The lowest BCUT2D eigenvalue weighted by Gasteiger charge is -2.12. The van der Waals surface area contributed by atoms with Gasteiger partial charge in [-0.05, 0) is 24.3 Å². The maximum Gasteiger partial charge on any atom is 0.329 e. The standard InChI is InChI=1S/C18H13FN4O5/c19-12-6-2-3-7-13(12)20-16(24)10-22-17(25)14(21-18(22)26)9-11-5-1-4-8-15(11)23(27)28/h1-9H,10H2,(H,20,24)(H,21,26)/b14-9+. The number of anilines is 1. The van der Waals surface area contributed by atoms with E-state index < -0.39 is 35.1 Å². The monoisotopic (exact) mass is 384 g/mol. The van der Waals surface area contributed by atoms with Gasteiger partial charge in [0, 0.05) is 6.07 Å². The van der Waals surface area contributed by atoms with Gasteiger partial charge in [0.15, 0.2) is 0 Å². The molecular formula is C18H13FN4O5. The number of para-hydroxylation sites is 2. The molecule has 4 amide bonds. The molecule has 0 bridgehead atoms. The predicted octanol–water partition coefficient (Wildman–Crippen LogP) is 2.27. The van der Waals surface area contributed by atoms with E-state index in [-0.39, 0.29) is 22.6 Å². The van der Waals surface area contributed by atoms with Crippen molar-refractivity contribution in [3.8, 4) is 0 Å². The number of benzene rings is 2. The number of nitro groups is 1. The Morgan fingerprint density at radius 3 is 2.57 bits per heavy atom. The number of nitrogens with one attached hydrogen (secondary N) is 2. The second kappa shape index (κ2) is 7.66. The maximum absolute atomic E-state index is 13.6. The molecule has 1 aliphatic rings. The number of carbonyl (C=O) groups is 3. The van der Waals surface area contributed by atoms with Gasteiger partial charge in [0.1, 0.15) is 18.1 Å². The van der Waals surface area contributed by atoms with Gasteiger partial charge in [-0.3, -0.25) is 19.7 Å². The van der Waals surface area contributed by atoms with E-state index in [1.54, 1.807) is 6.07 Å². The molecule has 1 saturated heterocycles. The lowest BCUT2D eigenvalue weighted by atomic mass is 10.1. The molecule has 28 heavy (non-hydrogen) atoms. The van der Waals surface area contributed by atoms with Crippen LogP contribution in [0.1, 0.15) is 5.56 Å². The number of amides is 4. The number of rotatable bonds is 5. The van der Waals surface area contributed by atoms with Crippen molar-refractivity contribution in [3.05, 3.63) is 75.7 Å². The zero-order chi connectivity index (χ0) is 20.3. The van der Waals surface area contributed by atoms with Crippen molar-refractivity contribution in [2.24, 2.45) is 0 Å². The SMILES string of the molecule is O=C(CN1C(=O)N/C(=C/c2ccccc2[N+](=O)[O-])C1=O)Nc1ccccc1F. The first-order valence-corrected chi connectivity index (χ1v) is 7.99. The summed E-state index contributed by atoms with van der Waals surface area (Å²) < 4.78 is 13.6. The van der Waals surface area contributed by atoms with E-state index in [1.807, 2.05) is 0 Å². The molecular weight excluding hydrogens is 371 g/mol. The zero-order valence-corrected chi connectivity index (χ0v) is 14.2. The van der Waals surface area contributed by atoms with Crippen LogP contribution in [-0.4, -0.2) is 34.2 Å². The average molecular weight is 384 g/mol. The molecule has 1 fully saturated rings. The fourth-order valence-electron chi connectivity index (χ4n) is 2.54. The molecule has 0 aromatic heterocycles. The quantitative estimate of drug-likeness (QED) is 0.354. The summed E-state index contributed by atoms with van der Waals surface area (Å²) in [5.74, 6) is -2.27. The summed E-state index contributed by atoms with van der Waals surface area (Å²) in [7, 11) is 0. The summed E-state index contributed by atoms with van der Waals surface area (Å²) >= 11 is 0. The fraction of sp³-hybridized carbons (Fsp3) is 0.0556. The Balaban J connectivity index is 1.76. The third-order valence-corrected chi connectivity index (χ3v) is 3.85. The molecule has 3 rings (SSSR count). The van der Waals surface area contributed by atoms with Crippen molar-refractivity contribution in [3.63, 3.8) is 0 Å². The minimum absolute atomic E-state index is 0.0878. The first-order chi connectivity index (χ1) is 13.4. The summed E-state index contributed by atoms with van der Waals surface area (Å²) in [4.78, 5) is 47.6. The lowest BCUT2D eigenvalue weighted by molar-refractivity contribution is -0.385. The van der Waals surface area contributed by atoms with E-state index in [0.29, 0.717) is 4.90 Å². The van der Waals surface area contributed by atoms with Crippen molar-refractivity contribution in [2.75, 3.05) is 11.9 Å². The highest BCUT2D eigenvalue weighted by Crippen LogP contribution is 2.22. The van der Waals surface area contributed by atoms with Crippen LogP contribution in [0.25, 0.3) is 6.08 Å². The van der Waals surface area contributed by atoms with Crippen LogP contribution < -0.4 is 10.6 Å². The van der Waals surface area contributed by atoms with Crippen LogP contribution in [0, 0.1) is 15.9 Å². The Bertz CT molecular complexity index is 1020. The van der Waals surface area contributed by atoms with Gasteiger partial charge in [-0.1, -0.05) is 24.3 Å². The van der Waals surface area contributed by atoms with Crippen molar-refractivity contribution in [1.82, 2.24) is 10.2 Å². The number of urea groups is 1. The van der Waals surface area contributed by atoms with Crippen LogP contribution in [0.5, 0.6) is 0 Å². The van der Waals surface area contributed by atoms with Gasteiger partial charge in [0.2, 0.25) is 5.91 Å². The predicted molar refractivity (Wildman–Crippen MR) is 96.3 cm³/mol. The Labute approximate surface area is 157 Å². The van der Waals surface area contributed by atoms with Crippen LogP contribution in [0.4, 0.5) is 20.6 Å². The molecule has 10 heteroatoms. The van der Waals surface area contributed by atoms with Crippen molar-refractivity contribution in [2.45, 2.75) is 0 Å². The number of carbonyl (C=O) groups excluding carboxylic acids is 3. The zero-order valence-electron chi connectivity index (χ0n) is 14.2. The number of imide groups is 1. The van der Waals surface area contributed by atoms with Crippen LogP contribution in [0.15, 0.2) is 54.2 Å². The van der Waals surface area contributed by atoms with E-state index in [1.165, 1.54) is 36.4 Å². The summed E-state index contributed by atoms with van der Waals surface area (Å²) in [6.45, 7) is -0.646. The first kappa shape index (κ1) is 18.7. The van der Waals surface area contributed by atoms with Gasteiger partial charge in [-0.15, -0.1) is 0 Å². The van der Waals surface area contributed by atoms with E-state index in [9.17, 15) is 28.9 Å². The van der Waals surface area contributed by atoms with Crippen LogP contribution in [-0.2, 0) is 9.59 Å². The summed E-state index contributed by atoms with van der Waals surface area (Å²) in [5, 5.41) is 15.6. The fourth-order valence-corrected chi connectivity index (χ4v) is 2.54. The second-order valence-corrected chi connectivity index (χ2v) is 5.72. The van der Waals surface area contributed by atoms with Gasteiger partial charge in [0.25, 0.3) is 11.6 Å². The smallest absolute Gasteiger partial charge is 0.322 e. The highest BCUT2D eigenvalue weighted by molar-refractivity contribution is 6.16. The topological polar surface area (TPSA) is 122 Å². The Hall–Kier alpha value is -4.08. The van der Waals surface area contributed by atoms with E-state index in [4.69, 9.17) is 0 Å². The van der Waals surface area contributed by atoms with E-state index in [2.05, 4.69) is 10.6 Å². The number of halogens is 1. The Morgan fingerprint density at radius 1 is 1.18 bits per heavy atom. The van der Waals surface area contributed by atoms with Gasteiger partial charge in [-0.2, -0.15) is 0 Å². The third-order valence-electron chi connectivity index (χ3n) is 3.85. The minimum atomic E-state index is -0.862. The second-order valence-electron chi connectivity index (χ2n) is 5.72. The summed E-state index contributed by atoms with van der Waals surface area (Å²) in [5.41, 5.74) is -0.421. The summed E-state index contributed by atoms with van der Waals surface area (Å²) in [6.07, 6.45) is 1.16. The lowest BCUT2D eigenvalue weighted by Crippen LogP contribution is -2.38. The molecule has 0 saturated carbocycles. The first-order valence-electron chi connectivity index (χ1n) is 7.99. The molecule has 2 aromatic rings. The molecule has 9 nitrogen and oxygen atoms in total. The van der Waals surface area contributed by atoms with Gasteiger partial charge >= 0.3 is 6.03 Å². The Morgan fingerprint density at radius 2 is 1.86 bits per heavy atom. The van der Waals surface area contributed by atoms with Gasteiger partial charge in [-0.25, -0.2) is 14.1 Å². The van der Waals surface area contributed by atoms with Crippen molar-refractivity contribution < 1.29 is 23.7 Å². The molecule has 1 aliphatic heterocycles. The highest BCUT2D eigenvalue weighted by Gasteiger charge is 2.35. The molecule has 0 unspecified atom stereocenters. The largest absolute Gasteiger partial charge is 0.329 e. The third kappa shape index (κ3) is 3.85. The number of hydrogen-bond donors (Lipinski definition) is 2. The molecule has 142 valence electrons. The van der Waals surface area contributed by atoms with E-state index >= 15 is 0 Å². The van der Waals surface area contributed by atoms with Gasteiger partial charge in [0.05, 0.1) is 16.2 Å². The number of nitro benzene ring substituents is 1. The van der Waals surface area contributed by atoms with Crippen molar-refractivity contribution >= 4 is 35.3 Å². The van der Waals surface area contributed by atoms with Gasteiger partial charge < -0.3 is 10.6 Å². The molecule has 2 aromatic carbocycles. The molecule has 2 N–H and O–H groups in total. The molecule has 1 heterocycles. The van der Waals surface area contributed by atoms with Crippen LogP contribution >= 0.6 is 0 Å². The average Bonchev–Trinajstić information content (AvgIpc) is 2.91. The highest BCUT2D eigenvalue weighted by atomic mass is 19.1. The molecule has 0 spiro atoms. The molecule has 0 radical (unpaired) electrons. The van der Waals surface area contributed by atoms with Crippen molar-refractivity contribution in [1.29, 1.82) is 0 Å².